The fraction of sp³-hybridized carbons (Fsp3) is 0.304. The quantitative estimate of drug-likeness (QED) is 0.685. The molecule has 2 N–H and O–H groups in total. The Morgan fingerprint density at radius 2 is 2.07 bits per heavy atom. The molecule has 154 valence electrons. The third-order valence-corrected chi connectivity index (χ3v) is 5.43. The lowest BCUT2D eigenvalue weighted by Gasteiger charge is -2.31. The van der Waals surface area contributed by atoms with E-state index in [9.17, 15) is 9.59 Å². The van der Waals surface area contributed by atoms with E-state index in [0.717, 1.165) is 24.0 Å². The first-order valence-corrected chi connectivity index (χ1v) is 10.2. The second kappa shape index (κ2) is 8.90. The van der Waals surface area contributed by atoms with Gasteiger partial charge >= 0.3 is 0 Å². The summed E-state index contributed by atoms with van der Waals surface area (Å²) in [6, 6.07) is 13.6. The predicted molar refractivity (Wildman–Crippen MR) is 113 cm³/mol. The molecule has 30 heavy (non-hydrogen) atoms. The highest BCUT2D eigenvalue weighted by molar-refractivity contribution is 5.94. The van der Waals surface area contributed by atoms with Crippen molar-refractivity contribution < 1.29 is 9.59 Å². The molecule has 3 heterocycles. The molecule has 7 nitrogen and oxygen atoms in total. The summed E-state index contributed by atoms with van der Waals surface area (Å²) in [5.74, 6) is -0.337. The maximum absolute atomic E-state index is 12.9. The molecule has 0 saturated carbocycles. The summed E-state index contributed by atoms with van der Waals surface area (Å²) >= 11 is 0. The van der Waals surface area contributed by atoms with E-state index >= 15 is 0 Å². The van der Waals surface area contributed by atoms with E-state index in [0.29, 0.717) is 31.0 Å². The summed E-state index contributed by atoms with van der Waals surface area (Å²) in [7, 11) is 0. The summed E-state index contributed by atoms with van der Waals surface area (Å²) < 4.78 is 0. The third kappa shape index (κ3) is 4.56. The number of nitrogens with zero attached hydrogens (tertiary/aromatic N) is 3. The van der Waals surface area contributed by atoms with E-state index in [4.69, 9.17) is 0 Å². The number of aromatic amines is 1. The van der Waals surface area contributed by atoms with E-state index < -0.39 is 0 Å². The van der Waals surface area contributed by atoms with Gasteiger partial charge in [-0.1, -0.05) is 29.8 Å². The van der Waals surface area contributed by atoms with Gasteiger partial charge in [-0.2, -0.15) is 5.10 Å². The number of hydrogen-bond donors (Lipinski definition) is 2. The zero-order chi connectivity index (χ0) is 20.9. The van der Waals surface area contributed by atoms with Crippen molar-refractivity contribution >= 4 is 11.8 Å². The minimum Gasteiger partial charge on any atom is -0.352 e. The van der Waals surface area contributed by atoms with Crippen LogP contribution in [-0.4, -0.2) is 45.0 Å². The van der Waals surface area contributed by atoms with Crippen molar-refractivity contribution in [3.63, 3.8) is 0 Å². The van der Waals surface area contributed by atoms with Gasteiger partial charge in [-0.15, -0.1) is 0 Å². The molecule has 2 amide bonds. The van der Waals surface area contributed by atoms with Crippen LogP contribution in [0.5, 0.6) is 0 Å². The van der Waals surface area contributed by atoms with E-state index in [1.54, 1.807) is 23.4 Å². The molecular formula is C23H25N5O2. The van der Waals surface area contributed by atoms with Crippen LogP contribution in [0.2, 0.25) is 0 Å². The number of carbonyl (C=O) groups is 2. The van der Waals surface area contributed by atoms with Crippen molar-refractivity contribution in [1.82, 2.24) is 25.4 Å². The number of likely N-dealkylation sites (tertiary alicyclic amines) is 1. The molecule has 1 saturated heterocycles. The Morgan fingerprint density at radius 3 is 2.83 bits per heavy atom. The summed E-state index contributed by atoms with van der Waals surface area (Å²) in [4.78, 5) is 31.4. The highest BCUT2D eigenvalue weighted by Gasteiger charge is 2.29. The van der Waals surface area contributed by atoms with Gasteiger partial charge in [0.15, 0.2) is 0 Å². The summed E-state index contributed by atoms with van der Waals surface area (Å²) in [5.41, 5.74) is 4.21. The largest absolute Gasteiger partial charge is 0.352 e. The molecule has 0 bridgehead atoms. The molecule has 1 aliphatic heterocycles. The summed E-state index contributed by atoms with van der Waals surface area (Å²) in [6.07, 6.45) is 4.99. The van der Waals surface area contributed by atoms with Crippen LogP contribution in [0.1, 0.15) is 34.5 Å². The number of nitrogens with one attached hydrogen (secondary N) is 2. The molecule has 0 spiro atoms. The Bertz CT molecular complexity index is 1010. The van der Waals surface area contributed by atoms with Crippen molar-refractivity contribution in [1.29, 1.82) is 0 Å². The van der Waals surface area contributed by atoms with E-state index in [2.05, 4.69) is 20.5 Å². The number of aromatic nitrogens is 3. The number of amides is 2. The van der Waals surface area contributed by atoms with Crippen molar-refractivity contribution in [3.8, 4) is 11.3 Å². The first-order chi connectivity index (χ1) is 14.6. The van der Waals surface area contributed by atoms with E-state index in [-0.39, 0.29) is 17.7 Å². The summed E-state index contributed by atoms with van der Waals surface area (Å²) in [5, 5.41) is 10.1. The monoisotopic (exact) mass is 403 g/mol. The van der Waals surface area contributed by atoms with Gasteiger partial charge in [0, 0.05) is 37.6 Å². The minimum atomic E-state index is -0.200. The molecule has 1 aromatic carbocycles. The third-order valence-electron chi connectivity index (χ3n) is 5.43. The number of rotatable bonds is 5. The topological polar surface area (TPSA) is 91.0 Å². The Labute approximate surface area is 175 Å². The molecule has 1 fully saturated rings. The number of aryl methyl sites for hydroxylation is 1. The molecule has 7 heteroatoms. The molecule has 1 aliphatic rings. The van der Waals surface area contributed by atoms with Crippen LogP contribution >= 0.6 is 0 Å². The van der Waals surface area contributed by atoms with Gasteiger partial charge < -0.3 is 10.2 Å². The lowest BCUT2D eigenvalue weighted by molar-refractivity contribution is -0.126. The molecule has 3 aromatic rings. The highest BCUT2D eigenvalue weighted by Crippen LogP contribution is 2.21. The van der Waals surface area contributed by atoms with Crippen LogP contribution in [0.15, 0.2) is 54.9 Å². The highest BCUT2D eigenvalue weighted by atomic mass is 16.2. The predicted octanol–water partition coefficient (Wildman–Crippen LogP) is 2.95. The number of carbonyl (C=O) groups excluding carboxylic acids is 2. The normalized spacial score (nSPS) is 16.3. The smallest absolute Gasteiger partial charge is 0.271 e. The second-order valence-electron chi connectivity index (χ2n) is 7.70. The van der Waals surface area contributed by atoms with Gasteiger partial charge in [-0.25, -0.2) is 0 Å². The maximum Gasteiger partial charge on any atom is 0.271 e. The van der Waals surface area contributed by atoms with Crippen molar-refractivity contribution in [2.24, 2.45) is 5.92 Å². The lowest BCUT2D eigenvalue weighted by Crippen LogP contribution is -2.45. The van der Waals surface area contributed by atoms with Gasteiger partial charge in [-0.05, 0) is 43.5 Å². The van der Waals surface area contributed by atoms with Crippen molar-refractivity contribution in [2.45, 2.75) is 26.3 Å². The molecule has 4 rings (SSSR count). The summed E-state index contributed by atoms with van der Waals surface area (Å²) in [6.45, 7) is 3.59. The average Bonchev–Trinajstić information content (AvgIpc) is 3.29. The van der Waals surface area contributed by atoms with E-state index in [1.165, 1.54) is 5.56 Å². The van der Waals surface area contributed by atoms with Gasteiger partial charge in [0.05, 0.1) is 11.6 Å². The Kier molecular flexibility index (Phi) is 5.88. The van der Waals surface area contributed by atoms with Crippen LogP contribution in [0.3, 0.4) is 0 Å². The zero-order valence-corrected chi connectivity index (χ0v) is 17.0. The number of benzene rings is 1. The Morgan fingerprint density at radius 1 is 1.23 bits per heavy atom. The number of piperidine rings is 1. The van der Waals surface area contributed by atoms with E-state index in [1.807, 2.05) is 43.3 Å². The number of hydrogen-bond acceptors (Lipinski definition) is 4. The van der Waals surface area contributed by atoms with Crippen LogP contribution in [0.4, 0.5) is 0 Å². The SMILES string of the molecule is Cc1ccc(CNC(=O)C2CCCN(C(=O)c3cc(-c4cccnc4)n[nH]3)C2)cc1. The van der Waals surface area contributed by atoms with Crippen molar-refractivity contribution in [2.75, 3.05) is 13.1 Å². The molecule has 1 unspecified atom stereocenters. The molecular weight excluding hydrogens is 378 g/mol. The van der Waals surface area contributed by atoms with Crippen LogP contribution in [0.25, 0.3) is 11.3 Å². The van der Waals surface area contributed by atoms with Gasteiger partial charge in [0.25, 0.3) is 5.91 Å². The fourth-order valence-electron chi connectivity index (χ4n) is 3.68. The van der Waals surface area contributed by atoms with Crippen LogP contribution in [-0.2, 0) is 11.3 Å². The first-order valence-electron chi connectivity index (χ1n) is 10.2. The molecule has 0 aliphatic carbocycles. The minimum absolute atomic E-state index is 0.00580. The average molecular weight is 403 g/mol. The lowest BCUT2D eigenvalue weighted by atomic mass is 9.96. The van der Waals surface area contributed by atoms with Gasteiger partial charge in [0.2, 0.25) is 5.91 Å². The number of H-pyrrole nitrogens is 1. The maximum atomic E-state index is 12.9. The van der Waals surface area contributed by atoms with Crippen LogP contribution < -0.4 is 5.32 Å². The molecule has 2 aromatic heterocycles. The standard InChI is InChI=1S/C23H25N5O2/c1-16-6-8-17(9-7-16)13-25-22(29)19-5-3-11-28(15-19)23(30)21-12-20(26-27-21)18-4-2-10-24-14-18/h2,4,6-10,12,14,19H,3,5,11,13,15H2,1H3,(H,25,29)(H,26,27). The second-order valence-corrected chi connectivity index (χ2v) is 7.70. The number of pyridine rings is 1. The zero-order valence-electron chi connectivity index (χ0n) is 17.0. The van der Waals surface area contributed by atoms with Gasteiger partial charge in [-0.3, -0.25) is 19.7 Å². The van der Waals surface area contributed by atoms with Crippen LogP contribution in [0, 0.1) is 12.8 Å². The van der Waals surface area contributed by atoms with Crippen molar-refractivity contribution in [3.05, 3.63) is 71.7 Å². The molecule has 1 atom stereocenters. The van der Waals surface area contributed by atoms with Gasteiger partial charge in [0.1, 0.15) is 5.69 Å². The Balaban J connectivity index is 1.36. The Hall–Kier alpha value is -3.48. The fourth-order valence-corrected chi connectivity index (χ4v) is 3.68. The molecule has 0 radical (unpaired) electrons. The first kappa shape index (κ1) is 19.8.